The molecule has 0 bridgehead atoms. The number of anilines is 2. The van der Waals surface area contributed by atoms with E-state index in [1.54, 1.807) is 47.8 Å². The van der Waals surface area contributed by atoms with Crippen molar-refractivity contribution in [3.8, 4) is 17.0 Å². The summed E-state index contributed by atoms with van der Waals surface area (Å²) in [6.45, 7) is -2.93. The summed E-state index contributed by atoms with van der Waals surface area (Å²) in [4.78, 5) is 16.4. The second-order valence-corrected chi connectivity index (χ2v) is 6.56. The first-order valence-electron chi connectivity index (χ1n) is 7.81. The number of ether oxygens (including phenoxy) is 1. The molecule has 0 aliphatic rings. The Morgan fingerprint density at radius 1 is 1.19 bits per heavy atom. The zero-order chi connectivity index (χ0) is 19.2. The van der Waals surface area contributed by atoms with E-state index in [-0.39, 0.29) is 18.2 Å². The van der Waals surface area contributed by atoms with Crippen LogP contribution in [0.25, 0.3) is 11.3 Å². The highest BCUT2D eigenvalue weighted by Gasteiger charge is 2.14. The molecular formula is C18H14ClF2N3O2S. The summed E-state index contributed by atoms with van der Waals surface area (Å²) in [5.74, 6) is -0.288. The molecule has 1 heterocycles. The molecule has 0 spiro atoms. The predicted molar refractivity (Wildman–Crippen MR) is 103 cm³/mol. The number of hydrogen-bond acceptors (Lipinski definition) is 5. The lowest BCUT2D eigenvalue weighted by molar-refractivity contribution is -0.114. The Labute approximate surface area is 163 Å². The highest BCUT2D eigenvalue weighted by atomic mass is 35.5. The summed E-state index contributed by atoms with van der Waals surface area (Å²) in [5, 5.41) is 8.11. The number of nitrogens with one attached hydrogen (secondary N) is 2. The number of rotatable bonds is 7. The maximum absolute atomic E-state index is 12.5. The molecule has 3 rings (SSSR count). The summed E-state index contributed by atoms with van der Waals surface area (Å²) < 4.78 is 29.6. The first-order valence-corrected chi connectivity index (χ1v) is 9.06. The Morgan fingerprint density at radius 2 is 1.93 bits per heavy atom. The molecule has 0 saturated heterocycles. The third-order valence-corrected chi connectivity index (χ3v) is 4.53. The van der Waals surface area contributed by atoms with Gasteiger partial charge in [-0.2, -0.15) is 8.78 Å². The molecule has 5 nitrogen and oxygen atoms in total. The summed E-state index contributed by atoms with van der Waals surface area (Å²) in [5.41, 5.74) is 1.50. The molecule has 140 valence electrons. The lowest BCUT2D eigenvalue weighted by Gasteiger charge is -2.08. The highest BCUT2D eigenvalue weighted by molar-refractivity contribution is 7.14. The van der Waals surface area contributed by atoms with Crippen LogP contribution in [0, 0.1) is 0 Å². The molecule has 0 saturated carbocycles. The van der Waals surface area contributed by atoms with Crippen molar-refractivity contribution in [1.29, 1.82) is 0 Å². The average Bonchev–Trinajstić information content (AvgIpc) is 3.09. The zero-order valence-corrected chi connectivity index (χ0v) is 15.4. The van der Waals surface area contributed by atoms with Crippen molar-refractivity contribution < 1.29 is 18.3 Å². The van der Waals surface area contributed by atoms with E-state index in [1.807, 2.05) is 0 Å². The molecule has 1 aromatic heterocycles. The average molecular weight is 410 g/mol. The lowest BCUT2D eigenvalue weighted by Crippen LogP contribution is -2.21. The van der Waals surface area contributed by atoms with Gasteiger partial charge in [-0.1, -0.05) is 35.9 Å². The fourth-order valence-corrected chi connectivity index (χ4v) is 3.20. The Kier molecular flexibility index (Phi) is 6.20. The van der Waals surface area contributed by atoms with E-state index in [9.17, 15) is 13.6 Å². The van der Waals surface area contributed by atoms with Crippen LogP contribution in [0.5, 0.6) is 5.75 Å². The molecule has 2 aromatic carbocycles. The molecule has 0 aliphatic carbocycles. The van der Waals surface area contributed by atoms with Gasteiger partial charge in [0.2, 0.25) is 5.91 Å². The van der Waals surface area contributed by atoms with E-state index in [2.05, 4.69) is 20.4 Å². The SMILES string of the molecule is O=C(CNc1ccccc1Cl)Nc1nc(-c2ccccc2OC(F)F)cs1. The van der Waals surface area contributed by atoms with Gasteiger partial charge in [-0.3, -0.25) is 4.79 Å². The van der Waals surface area contributed by atoms with Gasteiger partial charge in [-0.05, 0) is 24.3 Å². The molecule has 1 amide bonds. The summed E-state index contributed by atoms with van der Waals surface area (Å²) in [7, 11) is 0. The maximum atomic E-state index is 12.5. The Balaban J connectivity index is 1.64. The number of thiazole rings is 1. The van der Waals surface area contributed by atoms with Gasteiger partial charge in [-0.25, -0.2) is 4.98 Å². The van der Waals surface area contributed by atoms with Crippen molar-refractivity contribution in [3.05, 3.63) is 58.9 Å². The molecular weight excluding hydrogens is 396 g/mol. The highest BCUT2D eigenvalue weighted by Crippen LogP contribution is 2.33. The molecule has 9 heteroatoms. The van der Waals surface area contributed by atoms with Gasteiger partial charge in [0.15, 0.2) is 5.13 Å². The van der Waals surface area contributed by atoms with Crippen molar-refractivity contribution in [2.24, 2.45) is 0 Å². The summed E-state index contributed by atoms with van der Waals surface area (Å²) in [6, 6.07) is 13.4. The monoisotopic (exact) mass is 409 g/mol. The van der Waals surface area contributed by atoms with Gasteiger partial charge in [0.1, 0.15) is 5.75 Å². The van der Waals surface area contributed by atoms with Crippen LogP contribution in [-0.2, 0) is 4.79 Å². The van der Waals surface area contributed by atoms with Crippen LogP contribution in [0.1, 0.15) is 0 Å². The lowest BCUT2D eigenvalue weighted by atomic mass is 10.1. The fraction of sp³-hybridized carbons (Fsp3) is 0.111. The molecule has 3 aromatic rings. The van der Waals surface area contributed by atoms with E-state index in [0.29, 0.717) is 27.1 Å². The standard InChI is InChI=1S/C18H14ClF2N3O2S/c19-12-6-2-3-7-13(12)22-9-16(25)24-18-23-14(10-27-18)11-5-1-4-8-15(11)26-17(20)21/h1-8,10,17,22H,9H2,(H,23,24,25). The molecule has 27 heavy (non-hydrogen) atoms. The van der Waals surface area contributed by atoms with E-state index in [4.69, 9.17) is 11.6 Å². The minimum atomic E-state index is -2.93. The first-order chi connectivity index (χ1) is 13.0. The summed E-state index contributed by atoms with van der Waals surface area (Å²) >= 11 is 7.21. The van der Waals surface area contributed by atoms with Crippen molar-refractivity contribution in [2.45, 2.75) is 6.61 Å². The zero-order valence-electron chi connectivity index (χ0n) is 13.8. The van der Waals surface area contributed by atoms with Crippen molar-refractivity contribution in [3.63, 3.8) is 0 Å². The molecule has 0 fully saturated rings. The van der Waals surface area contributed by atoms with Crippen molar-refractivity contribution in [1.82, 2.24) is 4.98 Å². The second-order valence-electron chi connectivity index (χ2n) is 5.29. The Morgan fingerprint density at radius 3 is 2.70 bits per heavy atom. The minimum Gasteiger partial charge on any atom is -0.434 e. The van der Waals surface area contributed by atoms with Crippen LogP contribution in [0.4, 0.5) is 19.6 Å². The van der Waals surface area contributed by atoms with Crippen LogP contribution in [0.15, 0.2) is 53.9 Å². The van der Waals surface area contributed by atoms with Gasteiger partial charge >= 0.3 is 6.61 Å². The van der Waals surface area contributed by atoms with Crippen LogP contribution >= 0.6 is 22.9 Å². The normalized spacial score (nSPS) is 10.7. The number of halogens is 3. The van der Waals surface area contributed by atoms with E-state index in [1.165, 1.54) is 17.4 Å². The molecule has 2 N–H and O–H groups in total. The number of hydrogen-bond donors (Lipinski definition) is 2. The van der Waals surface area contributed by atoms with E-state index in [0.717, 1.165) is 0 Å². The summed E-state index contributed by atoms with van der Waals surface area (Å²) in [6.07, 6.45) is 0. The smallest absolute Gasteiger partial charge is 0.387 e. The number of aromatic nitrogens is 1. The van der Waals surface area contributed by atoms with Gasteiger partial charge < -0.3 is 15.4 Å². The number of alkyl halides is 2. The molecule has 0 atom stereocenters. The van der Waals surface area contributed by atoms with Crippen molar-refractivity contribution in [2.75, 3.05) is 17.2 Å². The predicted octanol–water partition coefficient (Wildman–Crippen LogP) is 5.12. The number of amides is 1. The molecule has 0 aliphatic heterocycles. The minimum absolute atomic E-state index is 0.00370. The van der Waals surface area contributed by atoms with Gasteiger partial charge in [0, 0.05) is 10.9 Å². The van der Waals surface area contributed by atoms with Crippen LogP contribution in [0.3, 0.4) is 0 Å². The molecule has 0 unspecified atom stereocenters. The number of nitrogens with zero attached hydrogens (tertiary/aromatic N) is 1. The van der Waals surface area contributed by atoms with Gasteiger partial charge in [-0.15, -0.1) is 11.3 Å². The number of para-hydroxylation sites is 2. The first kappa shape index (κ1) is 19.1. The number of benzene rings is 2. The quantitative estimate of drug-likeness (QED) is 0.568. The fourth-order valence-electron chi connectivity index (χ4n) is 2.28. The van der Waals surface area contributed by atoms with Crippen LogP contribution in [0.2, 0.25) is 5.02 Å². The third kappa shape index (κ3) is 5.15. The number of carbonyl (C=O) groups excluding carboxylic acids is 1. The van der Waals surface area contributed by atoms with Crippen molar-refractivity contribution >= 4 is 39.7 Å². The second kappa shape index (κ2) is 8.79. The third-order valence-electron chi connectivity index (χ3n) is 3.44. The van der Waals surface area contributed by atoms with Gasteiger partial charge in [0.25, 0.3) is 0 Å². The van der Waals surface area contributed by atoms with E-state index >= 15 is 0 Å². The Hall–Kier alpha value is -2.71. The largest absolute Gasteiger partial charge is 0.434 e. The van der Waals surface area contributed by atoms with Gasteiger partial charge in [0.05, 0.1) is 22.9 Å². The molecule has 0 radical (unpaired) electrons. The van der Waals surface area contributed by atoms with E-state index < -0.39 is 6.61 Å². The Bertz CT molecular complexity index is 936. The van der Waals surface area contributed by atoms with Crippen LogP contribution < -0.4 is 15.4 Å². The van der Waals surface area contributed by atoms with Crippen LogP contribution in [-0.4, -0.2) is 24.0 Å². The number of carbonyl (C=O) groups is 1. The topological polar surface area (TPSA) is 63.2 Å². The maximum Gasteiger partial charge on any atom is 0.387 e.